The van der Waals surface area contributed by atoms with Crippen LogP contribution in [0.25, 0.3) is 0 Å². The molecule has 0 aliphatic rings. The average Bonchev–Trinajstić information content (AvgIpc) is 2.17. The number of benzene rings is 1. The summed E-state index contributed by atoms with van der Waals surface area (Å²) in [4.78, 5) is 11.4. The standard InChI is InChI=1S/C12H16FNO/c1-12(2,13)10-5-3-9(4-6-10)11(15)7-8-14/h3-6H,7-8,14H2,1-2H3. The third-order valence-electron chi connectivity index (χ3n) is 2.26. The van der Waals surface area contributed by atoms with Gasteiger partial charge in [0.1, 0.15) is 5.67 Å². The molecule has 0 radical (unpaired) electrons. The van der Waals surface area contributed by atoms with E-state index < -0.39 is 5.67 Å². The number of carbonyl (C=O) groups excluding carboxylic acids is 1. The van der Waals surface area contributed by atoms with Crippen molar-refractivity contribution in [3.63, 3.8) is 0 Å². The lowest BCUT2D eigenvalue weighted by Gasteiger charge is -2.14. The maximum Gasteiger partial charge on any atom is 0.164 e. The minimum atomic E-state index is -1.37. The smallest absolute Gasteiger partial charge is 0.164 e. The van der Waals surface area contributed by atoms with Crippen molar-refractivity contribution < 1.29 is 9.18 Å². The molecule has 0 atom stereocenters. The van der Waals surface area contributed by atoms with Crippen LogP contribution in [0.3, 0.4) is 0 Å². The van der Waals surface area contributed by atoms with E-state index in [0.29, 0.717) is 24.1 Å². The molecule has 0 spiro atoms. The monoisotopic (exact) mass is 209 g/mol. The Bertz CT molecular complexity index is 338. The van der Waals surface area contributed by atoms with Crippen molar-refractivity contribution >= 4 is 5.78 Å². The van der Waals surface area contributed by atoms with Crippen molar-refractivity contribution in [1.82, 2.24) is 0 Å². The highest BCUT2D eigenvalue weighted by atomic mass is 19.1. The van der Waals surface area contributed by atoms with Crippen molar-refractivity contribution in [2.75, 3.05) is 6.54 Å². The van der Waals surface area contributed by atoms with Crippen molar-refractivity contribution in [3.05, 3.63) is 35.4 Å². The Hall–Kier alpha value is -1.22. The Kier molecular flexibility index (Phi) is 3.58. The number of Topliss-reactive ketones (excluding diaryl/α,β-unsaturated/α-hetero) is 1. The highest BCUT2D eigenvalue weighted by molar-refractivity contribution is 5.96. The minimum Gasteiger partial charge on any atom is -0.330 e. The summed E-state index contributed by atoms with van der Waals surface area (Å²) in [5, 5.41) is 0. The van der Waals surface area contributed by atoms with Crippen LogP contribution in [0.1, 0.15) is 36.2 Å². The molecule has 0 amide bonds. The van der Waals surface area contributed by atoms with Gasteiger partial charge in [-0.3, -0.25) is 4.79 Å². The van der Waals surface area contributed by atoms with Crippen molar-refractivity contribution in [2.45, 2.75) is 25.9 Å². The molecular weight excluding hydrogens is 193 g/mol. The number of rotatable bonds is 4. The quantitative estimate of drug-likeness (QED) is 0.774. The number of hydrogen-bond acceptors (Lipinski definition) is 2. The SMILES string of the molecule is CC(C)(F)c1ccc(C(=O)CCN)cc1. The van der Waals surface area contributed by atoms with Crippen molar-refractivity contribution in [1.29, 1.82) is 0 Å². The largest absolute Gasteiger partial charge is 0.330 e. The number of nitrogens with two attached hydrogens (primary N) is 1. The van der Waals surface area contributed by atoms with E-state index in [2.05, 4.69) is 0 Å². The van der Waals surface area contributed by atoms with Crippen LogP contribution in [0.2, 0.25) is 0 Å². The summed E-state index contributed by atoms with van der Waals surface area (Å²) in [5.74, 6) is 0.000661. The predicted octanol–water partition coefficient (Wildman–Crippen LogP) is 2.42. The van der Waals surface area contributed by atoms with E-state index in [1.54, 1.807) is 24.3 Å². The molecular formula is C12H16FNO. The highest BCUT2D eigenvalue weighted by Gasteiger charge is 2.18. The molecule has 0 heterocycles. The first-order valence-corrected chi connectivity index (χ1v) is 4.98. The lowest BCUT2D eigenvalue weighted by molar-refractivity contribution is 0.0985. The Morgan fingerprint density at radius 2 is 1.87 bits per heavy atom. The Labute approximate surface area is 89.3 Å². The molecule has 0 saturated heterocycles. The number of hydrogen-bond donors (Lipinski definition) is 1. The molecule has 0 unspecified atom stereocenters. The molecule has 0 aromatic heterocycles. The van der Waals surface area contributed by atoms with Gasteiger partial charge in [0, 0.05) is 12.0 Å². The van der Waals surface area contributed by atoms with Gasteiger partial charge < -0.3 is 5.73 Å². The van der Waals surface area contributed by atoms with Gasteiger partial charge in [-0.15, -0.1) is 0 Å². The van der Waals surface area contributed by atoms with Gasteiger partial charge in [0.2, 0.25) is 0 Å². The summed E-state index contributed by atoms with van der Waals surface area (Å²) >= 11 is 0. The first-order valence-electron chi connectivity index (χ1n) is 4.98. The Morgan fingerprint density at radius 1 is 1.33 bits per heavy atom. The molecule has 0 fully saturated rings. The molecule has 0 saturated carbocycles. The average molecular weight is 209 g/mol. The fraction of sp³-hybridized carbons (Fsp3) is 0.417. The lowest BCUT2D eigenvalue weighted by atomic mass is 9.97. The molecule has 1 rings (SSSR count). The fourth-order valence-electron chi connectivity index (χ4n) is 1.33. The van der Waals surface area contributed by atoms with Gasteiger partial charge in [-0.05, 0) is 26.0 Å². The van der Waals surface area contributed by atoms with Gasteiger partial charge in [0.25, 0.3) is 0 Å². The normalized spacial score (nSPS) is 11.5. The second kappa shape index (κ2) is 4.53. The fourth-order valence-corrected chi connectivity index (χ4v) is 1.33. The molecule has 0 aliphatic heterocycles. The maximum absolute atomic E-state index is 13.5. The van der Waals surface area contributed by atoms with Gasteiger partial charge >= 0.3 is 0 Å². The summed E-state index contributed by atoms with van der Waals surface area (Å²) in [5.41, 5.74) is 5.09. The molecule has 3 heteroatoms. The summed E-state index contributed by atoms with van der Waals surface area (Å²) < 4.78 is 13.5. The van der Waals surface area contributed by atoms with Crippen LogP contribution in [0.15, 0.2) is 24.3 Å². The van der Waals surface area contributed by atoms with E-state index in [1.807, 2.05) is 0 Å². The minimum absolute atomic E-state index is 0.000661. The van der Waals surface area contributed by atoms with Crippen LogP contribution >= 0.6 is 0 Å². The summed E-state index contributed by atoms with van der Waals surface area (Å²) in [6.07, 6.45) is 0.332. The molecule has 2 nitrogen and oxygen atoms in total. The van der Waals surface area contributed by atoms with Crippen LogP contribution in [0, 0.1) is 0 Å². The number of alkyl halides is 1. The maximum atomic E-state index is 13.5. The Balaban J connectivity index is 2.86. The second-order valence-corrected chi connectivity index (χ2v) is 4.01. The Morgan fingerprint density at radius 3 is 2.27 bits per heavy atom. The van der Waals surface area contributed by atoms with Gasteiger partial charge in [-0.2, -0.15) is 0 Å². The van der Waals surface area contributed by atoms with Gasteiger partial charge in [0.15, 0.2) is 5.78 Å². The third-order valence-corrected chi connectivity index (χ3v) is 2.26. The first kappa shape index (κ1) is 11.9. The van der Waals surface area contributed by atoms with E-state index in [1.165, 1.54) is 13.8 Å². The predicted molar refractivity (Wildman–Crippen MR) is 58.6 cm³/mol. The first-order chi connectivity index (χ1) is 6.95. The van der Waals surface area contributed by atoms with E-state index in [0.717, 1.165) is 0 Å². The molecule has 1 aromatic carbocycles. The molecule has 2 N–H and O–H groups in total. The molecule has 0 aliphatic carbocycles. The third kappa shape index (κ3) is 3.13. The van der Waals surface area contributed by atoms with E-state index in [4.69, 9.17) is 5.73 Å². The van der Waals surface area contributed by atoms with Crippen molar-refractivity contribution in [3.8, 4) is 0 Å². The molecule has 82 valence electrons. The van der Waals surface area contributed by atoms with Crippen LogP contribution in [-0.2, 0) is 5.67 Å². The lowest BCUT2D eigenvalue weighted by Crippen LogP contribution is -2.11. The number of carbonyl (C=O) groups is 1. The van der Waals surface area contributed by atoms with Gasteiger partial charge in [-0.1, -0.05) is 24.3 Å². The number of ketones is 1. The summed E-state index contributed by atoms with van der Waals surface area (Å²) in [6.45, 7) is 3.32. The number of halogens is 1. The van der Waals surface area contributed by atoms with Crippen molar-refractivity contribution in [2.24, 2.45) is 5.73 Å². The van der Waals surface area contributed by atoms with E-state index in [-0.39, 0.29) is 5.78 Å². The highest BCUT2D eigenvalue weighted by Crippen LogP contribution is 2.24. The summed E-state index contributed by atoms with van der Waals surface area (Å²) in [7, 11) is 0. The van der Waals surface area contributed by atoms with Gasteiger partial charge in [0.05, 0.1) is 0 Å². The zero-order valence-corrected chi connectivity index (χ0v) is 9.09. The molecule has 0 bridgehead atoms. The second-order valence-electron chi connectivity index (χ2n) is 4.01. The summed E-state index contributed by atoms with van der Waals surface area (Å²) in [6, 6.07) is 6.58. The molecule has 1 aromatic rings. The van der Waals surface area contributed by atoms with Crippen LogP contribution in [-0.4, -0.2) is 12.3 Å². The zero-order valence-electron chi connectivity index (χ0n) is 9.09. The topological polar surface area (TPSA) is 43.1 Å². The van der Waals surface area contributed by atoms with Crippen LogP contribution < -0.4 is 5.73 Å². The van der Waals surface area contributed by atoms with E-state index in [9.17, 15) is 9.18 Å². The van der Waals surface area contributed by atoms with Crippen LogP contribution in [0.4, 0.5) is 4.39 Å². The zero-order chi connectivity index (χ0) is 11.5. The van der Waals surface area contributed by atoms with Crippen LogP contribution in [0.5, 0.6) is 0 Å². The van der Waals surface area contributed by atoms with Gasteiger partial charge in [-0.25, -0.2) is 4.39 Å². The molecule has 15 heavy (non-hydrogen) atoms. The van der Waals surface area contributed by atoms with E-state index >= 15 is 0 Å².